The first kappa shape index (κ1) is 12.7. The molecule has 0 amide bonds. The van der Waals surface area contributed by atoms with Gasteiger partial charge in [0.1, 0.15) is 11.3 Å². The van der Waals surface area contributed by atoms with E-state index < -0.39 is 15.6 Å². The Kier molecular flexibility index (Phi) is 2.76. The Bertz CT molecular complexity index is 936. The second-order valence-electron chi connectivity index (χ2n) is 4.36. The summed E-state index contributed by atoms with van der Waals surface area (Å²) >= 11 is 0. The van der Waals surface area contributed by atoms with Gasteiger partial charge in [-0.2, -0.15) is 0 Å². The van der Waals surface area contributed by atoms with Crippen LogP contribution in [0.25, 0.3) is 10.9 Å². The number of aromatic nitrogens is 1. The standard InChI is InChI=1S/C14H11NO4S/c1-10-14-11(9-13(16)19-10)7-8-15(14)20(17,18)12-5-3-2-4-6-12/h2-9H,1H3. The molecule has 0 N–H and O–H groups in total. The van der Waals surface area contributed by atoms with E-state index in [0.29, 0.717) is 10.9 Å². The lowest BCUT2D eigenvalue weighted by atomic mass is 10.3. The van der Waals surface area contributed by atoms with Gasteiger partial charge in [0.15, 0.2) is 0 Å². The molecule has 0 saturated carbocycles. The topological polar surface area (TPSA) is 69.3 Å². The van der Waals surface area contributed by atoms with Gasteiger partial charge in [-0.25, -0.2) is 17.2 Å². The lowest BCUT2D eigenvalue weighted by Gasteiger charge is -2.08. The average molecular weight is 289 g/mol. The van der Waals surface area contributed by atoms with Crippen LogP contribution in [0.3, 0.4) is 0 Å². The Balaban J connectivity index is 2.34. The van der Waals surface area contributed by atoms with E-state index in [-0.39, 0.29) is 10.7 Å². The molecule has 5 nitrogen and oxygen atoms in total. The molecule has 1 aromatic carbocycles. The molecule has 0 fully saturated rings. The van der Waals surface area contributed by atoms with Crippen molar-refractivity contribution in [2.45, 2.75) is 11.8 Å². The van der Waals surface area contributed by atoms with E-state index in [2.05, 4.69) is 0 Å². The van der Waals surface area contributed by atoms with Crippen LogP contribution in [0.2, 0.25) is 0 Å². The van der Waals surface area contributed by atoms with Crippen LogP contribution in [0.1, 0.15) is 5.76 Å². The minimum absolute atomic E-state index is 0.183. The van der Waals surface area contributed by atoms with E-state index in [1.54, 1.807) is 31.2 Å². The van der Waals surface area contributed by atoms with Crippen molar-refractivity contribution in [3.63, 3.8) is 0 Å². The van der Waals surface area contributed by atoms with Crippen LogP contribution < -0.4 is 5.63 Å². The number of hydrogen-bond acceptors (Lipinski definition) is 4. The van der Waals surface area contributed by atoms with Gasteiger partial charge in [0.05, 0.1) is 4.90 Å². The maximum absolute atomic E-state index is 12.6. The molecule has 6 heteroatoms. The zero-order valence-corrected chi connectivity index (χ0v) is 11.4. The average Bonchev–Trinajstić information content (AvgIpc) is 2.84. The molecule has 0 saturated heterocycles. The van der Waals surface area contributed by atoms with Crippen molar-refractivity contribution in [2.24, 2.45) is 0 Å². The molecule has 0 atom stereocenters. The minimum atomic E-state index is -3.70. The molecule has 102 valence electrons. The van der Waals surface area contributed by atoms with E-state index >= 15 is 0 Å². The summed E-state index contributed by atoms with van der Waals surface area (Å²) < 4.78 is 31.3. The molecule has 0 aliphatic carbocycles. The molecule has 3 aromatic rings. The highest BCUT2D eigenvalue weighted by molar-refractivity contribution is 7.90. The summed E-state index contributed by atoms with van der Waals surface area (Å²) in [6.07, 6.45) is 1.43. The quantitative estimate of drug-likeness (QED) is 0.724. The predicted octanol–water partition coefficient (Wildman–Crippen LogP) is 2.14. The minimum Gasteiger partial charge on any atom is -0.426 e. The van der Waals surface area contributed by atoms with Crippen molar-refractivity contribution >= 4 is 20.9 Å². The SMILES string of the molecule is Cc1oc(=O)cc2ccn(S(=O)(=O)c3ccccc3)c12. The van der Waals surface area contributed by atoms with Gasteiger partial charge < -0.3 is 4.42 Å². The number of benzene rings is 1. The molecule has 2 aromatic heterocycles. The van der Waals surface area contributed by atoms with Crippen LogP contribution in [0, 0.1) is 6.92 Å². The Morgan fingerprint density at radius 1 is 1.10 bits per heavy atom. The molecule has 0 bridgehead atoms. The van der Waals surface area contributed by atoms with Crippen molar-refractivity contribution in [3.8, 4) is 0 Å². The summed E-state index contributed by atoms with van der Waals surface area (Å²) in [6.45, 7) is 1.57. The summed E-state index contributed by atoms with van der Waals surface area (Å²) in [5, 5.41) is 0.540. The third-order valence-corrected chi connectivity index (χ3v) is 4.73. The van der Waals surface area contributed by atoms with Gasteiger partial charge in [-0.1, -0.05) is 18.2 Å². The first-order valence-electron chi connectivity index (χ1n) is 5.92. The first-order chi connectivity index (χ1) is 9.50. The van der Waals surface area contributed by atoms with Crippen LogP contribution in [0.4, 0.5) is 0 Å². The lowest BCUT2D eigenvalue weighted by molar-refractivity contribution is 0.486. The summed E-state index contributed by atoms with van der Waals surface area (Å²) in [5.74, 6) is 0.275. The molecule has 0 radical (unpaired) electrons. The summed E-state index contributed by atoms with van der Waals surface area (Å²) in [6, 6.07) is 11.0. The fourth-order valence-electron chi connectivity index (χ4n) is 2.17. The summed E-state index contributed by atoms with van der Waals surface area (Å²) in [5.41, 5.74) is -0.113. The van der Waals surface area contributed by atoms with E-state index in [1.165, 1.54) is 24.4 Å². The maximum Gasteiger partial charge on any atom is 0.336 e. The molecule has 2 heterocycles. The number of aryl methyl sites for hydroxylation is 1. The van der Waals surface area contributed by atoms with Gasteiger partial charge in [-0.15, -0.1) is 0 Å². The largest absolute Gasteiger partial charge is 0.426 e. The third-order valence-electron chi connectivity index (χ3n) is 3.04. The number of hydrogen-bond donors (Lipinski definition) is 0. The second kappa shape index (κ2) is 4.35. The Hall–Kier alpha value is -2.34. The van der Waals surface area contributed by atoms with Crippen molar-refractivity contribution < 1.29 is 12.8 Å². The molecule has 3 rings (SSSR count). The number of nitrogens with zero attached hydrogens (tertiary/aromatic N) is 1. The third kappa shape index (κ3) is 1.85. The maximum atomic E-state index is 12.6. The van der Waals surface area contributed by atoms with E-state index in [0.717, 1.165) is 3.97 Å². The fraction of sp³-hybridized carbons (Fsp3) is 0.0714. The summed E-state index contributed by atoms with van der Waals surface area (Å²) in [4.78, 5) is 11.5. The molecule has 0 aliphatic rings. The van der Waals surface area contributed by atoms with Crippen LogP contribution in [-0.4, -0.2) is 12.4 Å². The van der Waals surface area contributed by atoms with Crippen molar-refractivity contribution in [3.05, 3.63) is 64.8 Å². The molecule has 0 unspecified atom stereocenters. The van der Waals surface area contributed by atoms with E-state index in [9.17, 15) is 13.2 Å². The molecular weight excluding hydrogens is 278 g/mol. The van der Waals surface area contributed by atoms with Crippen LogP contribution >= 0.6 is 0 Å². The molecule has 20 heavy (non-hydrogen) atoms. The van der Waals surface area contributed by atoms with Crippen LogP contribution in [0.5, 0.6) is 0 Å². The highest BCUT2D eigenvalue weighted by atomic mass is 32.2. The van der Waals surface area contributed by atoms with Gasteiger partial charge in [0.25, 0.3) is 10.0 Å². The monoisotopic (exact) mass is 289 g/mol. The Morgan fingerprint density at radius 2 is 1.80 bits per heavy atom. The molecular formula is C14H11NO4S. The van der Waals surface area contributed by atoms with E-state index in [4.69, 9.17) is 4.42 Å². The fourth-order valence-corrected chi connectivity index (χ4v) is 3.59. The van der Waals surface area contributed by atoms with Crippen LogP contribution in [0.15, 0.2) is 62.8 Å². The van der Waals surface area contributed by atoms with Gasteiger partial charge >= 0.3 is 5.63 Å². The van der Waals surface area contributed by atoms with Gasteiger partial charge in [-0.3, -0.25) is 0 Å². The second-order valence-corrected chi connectivity index (χ2v) is 6.17. The van der Waals surface area contributed by atoms with Crippen molar-refractivity contribution in [2.75, 3.05) is 0 Å². The number of rotatable bonds is 2. The number of fused-ring (bicyclic) bond motifs is 1. The molecule has 0 spiro atoms. The Labute approximate surface area is 115 Å². The van der Waals surface area contributed by atoms with Crippen molar-refractivity contribution in [1.82, 2.24) is 3.97 Å². The van der Waals surface area contributed by atoms with Gasteiger partial charge in [-0.05, 0) is 25.1 Å². The van der Waals surface area contributed by atoms with Gasteiger partial charge in [0, 0.05) is 17.6 Å². The normalized spacial score (nSPS) is 11.8. The van der Waals surface area contributed by atoms with Gasteiger partial charge in [0.2, 0.25) is 0 Å². The highest BCUT2D eigenvalue weighted by Gasteiger charge is 2.20. The summed E-state index contributed by atoms with van der Waals surface area (Å²) in [7, 11) is -3.70. The van der Waals surface area contributed by atoms with Crippen molar-refractivity contribution in [1.29, 1.82) is 0 Å². The smallest absolute Gasteiger partial charge is 0.336 e. The first-order valence-corrected chi connectivity index (χ1v) is 7.36. The zero-order valence-electron chi connectivity index (χ0n) is 10.6. The predicted molar refractivity (Wildman–Crippen MR) is 74.2 cm³/mol. The molecule has 0 aliphatic heterocycles. The zero-order chi connectivity index (χ0) is 14.3. The highest BCUT2D eigenvalue weighted by Crippen LogP contribution is 2.23. The lowest BCUT2D eigenvalue weighted by Crippen LogP contribution is -2.12. The van der Waals surface area contributed by atoms with E-state index in [1.807, 2.05) is 0 Å². The van der Waals surface area contributed by atoms with Crippen LogP contribution in [-0.2, 0) is 10.0 Å². The Morgan fingerprint density at radius 3 is 2.50 bits per heavy atom.